The van der Waals surface area contributed by atoms with Gasteiger partial charge in [0.05, 0.1) is 36.4 Å². The summed E-state index contributed by atoms with van der Waals surface area (Å²) in [5, 5.41) is 5.92. The van der Waals surface area contributed by atoms with Crippen LogP contribution in [-0.2, 0) is 15.7 Å². The van der Waals surface area contributed by atoms with Crippen LogP contribution in [0.1, 0.15) is 41.6 Å². The lowest BCUT2D eigenvalue weighted by molar-refractivity contribution is -0.137. The Labute approximate surface area is 195 Å². The van der Waals surface area contributed by atoms with E-state index in [-0.39, 0.29) is 28.4 Å². The zero-order valence-electron chi connectivity index (χ0n) is 18.5. The summed E-state index contributed by atoms with van der Waals surface area (Å²) in [7, 11) is 2.88. The van der Waals surface area contributed by atoms with E-state index in [1.54, 1.807) is 0 Å². The highest BCUT2D eigenvalue weighted by Gasteiger charge is 2.32. The van der Waals surface area contributed by atoms with Gasteiger partial charge in [0, 0.05) is 12.6 Å². The molecule has 0 saturated heterocycles. The average molecular weight is 489 g/mol. The molecule has 2 rings (SSSR count). The maximum absolute atomic E-state index is 12.9. The first kappa shape index (κ1) is 26.4. The molecule has 1 aromatic rings. The molecule has 11 heteroatoms. The molecule has 0 aromatic heterocycles. The third-order valence-corrected chi connectivity index (χ3v) is 5.60. The van der Waals surface area contributed by atoms with E-state index in [9.17, 15) is 18.0 Å². The third kappa shape index (κ3) is 8.20. The van der Waals surface area contributed by atoms with Gasteiger partial charge in [0.2, 0.25) is 5.90 Å². The highest BCUT2D eigenvalue weighted by atomic mass is 35.5. The van der Waals surface area contributed by atoms with Crippen molar-refractivity contribution >= 4 is 23.4 Å². The van der Waals surface area contributed by atoms with E-state index < -0.39 is 17.6 Å². The second-order valence-corrected chi connectivity index (χ2v) is 8.02. The first-order chi connectivity index (χ1) is 15.5. The topological polar surface area (TPSA) is 98.0 Å². The van der Waals surface area contributed by atoms with Crippen molar-refractivity contribution in [2.45, 2.75) is 37.9 Å². The highest BCUT2D eigenvalue weighted by Crippen LogP contribution is 2.32. The fourth-order valence-corrected chi connectivity index (χ4v) is 3.61. The summed E-state index contributed by atoms with van der Waals surface area (Å²) in [6.45, 7) is 4.47. The minimum Gasteiger partial charge on any atom is -0.483 e. The lowest BCUT2D eigenvalue weighted by atomic mass is 9.86. The van der Waals surface area contributed by atoms with E-state index in [1.165, 1.54) is 20.3 Å². The van der Waals surface area contributed by atoms with Crippen LogP contribution in [0.4, 0.5) is 13.2 Å². The maximum Gasteiger partial charge on any atom is 0.416 e. The summed E-state index contributed by atoms with van der Waals surface area (Å²) in [6, 6.07) is 2.59. The lowest BCUT2D eigenvalue weighted by Crippen LogP contribution is -2.39. The number of halogens is 4. The molecule has 0 unspecified atom stereocenters. The molecule has 1 saturated carbocycles. The summed E-state index contributed by atoms with van der Waals surface area (Å²) in [6.07, 6.45) is -0.0909. The lowest BCUT2D eigenvalue weighted by Gasteiger charge is -2.29. The van der Waals surface area contributed by atoms with E-state index in [0.29, 0.717) is 31.1 Å². The van der Waals surface area contributed by atoms with Crippen molar-refractivity contribution < 1.29 is 27.4 Å². The summed E-state index contributed by atoms with van der Waals surface area (Å²) in [4.78, 5) is 16.7. The second kappa shape index (κ2) is 11.8. The molecule has 0 heterocycles. The van der Waals surface area contributed by atoms with Gasteiger partial charge in [-0.3, -0.25) is 4.79 Å². The number of nitrogens with one attached hydrogen (secondary N) is 2. The minimum atomic E-state index is -4.55. The molecule has 33 heavy (non-hydrogen) atoms. The van der Waals surface area contributed by atoms with Gasteiger partial charge in [-0.25, -0.2) is 0 Å². The van der Waals surface area contributed by atoms with Gasteiger partial charge < -0.3 is 25.8 Å². The number of nitrogens with zero attached hydrogens (tertiary/aromatic N) is 1. The number of rotatable bonds is 8. The average Bonchev–Trinajstić information content (AvgIpc) is 2.77. The first-order valence-electron chi connectivity index (χ1n) is 10.3. The quantitative estimate of drug-likeness (QED) is 0.289. The van der Waals surface area contributed by atoms with E-state index in [1.807, 2.05) is 0 Å². The van der Waals surface area contributed by atoms with Crippen LogP contribution in [0.15, 0.2) is 47.6 Å². The van der Waals surface area contributed by atoms with Gasteiger partial charge in [-0.2, -0.15) is 18.2 Å². The summed E-state index contributed by atoms with van der Waals surface area (Å²) >= 11 is 5.95. The zero-order chi connectivity index (χ0) is 24.6. The smallest absolute Gasteiger partial charge is 0.416 e. The van der Waals surface area contributed by atoms with Gasteiger partial charge in [0.1, 0.15) is 5.82 Å². The van der Waals surface area contributed by atoms with Gasteiger partial charge in [0.25, 0.3) is 5.91 Å². The highest BCUT2D eigenvalue weighted by molar-refractivity contribution is 6.33. The summed E-state index contributed by atoms with van der Waals surface area (Å²) < 4.78 is 48.8. The molecule has 0 radical (unpaired) electrons. The molecule has 0 spiro atoms. The molecule has 182 valence electrons. The Hall–Kier alpha value is -2.88. The number of benzene rings is 1. The Morgan fingerprint density at radius 1 is 1.27 bits per heavy atom. The minimum absolute atomic E-state index is 0.0185. The molecule has 1 aliphatic rings. The molecule has 1 fully saturated rings. The van der Waals surface area contributed by atoms with Crippen molar-refractivity contribution in [2.24, 2.45) is 16.6 Å². The largest absolute Gasteiger partial charge is 0.483 e. The Morgan fingerprint density at radius 2 is 1.94 bits per heavy atom. The number of carbonyl (C=O) groups excluding carboxylic acids is 1. The Morgan fingerprint density at radius 3 is 2.52 bits per heavy atom. The van der Waals surface area contributed by atoms with Crippen LogP contribution in [0.25, 0.3) is 0 Å². The van der Waals surface area contributed by atoms with Gasteiger partial charge >= 0.3 is 6.18 Å². The van der Waals surface area contributed by atoms with Crippen LogP contribution in [0.2, 0.25) is 5.02 Å². The van der Waals surface area contributed by atoms with E-state index >= 15 is 0 Å². The Balaban J connectivity index is 1.84. The van der Waals surface area contributed by atoms with Gasteiger partial charge in [-0.05, 0) is 49.8 Å². The zero-order valence-corrected chi connectivity index (χ0v) is 19.2. The molecule has 1 aromatic carbocycles. The first-order valence-corrected chi connectivity index (χ1v) is 10.7. The Kier molecular flexibility index (Phi) is 9.45. The number of nitrogens with two attached hydrogens (primary N) is 1. The van der Waals surface area contributed by atoms with Crippen LogP contribution < -0.4 is 16.4 Å². The van der Waals surface area contributed by atoms with Crippen LogP contribution in [0, 0.1) is 5.92 Å². The van der Waals surface area contributed by atoms with Crippen molar-refractivity contribution in [3.63, 3.8) is 0 Å². The molecule has 0 bridgehead atoms. The van der Waals surface area contributed by atoms with Crippen molar-refractivity contribution in [1.82, 2.24) is 10.6 Å². The van der Waals surface area contributed by atoms with Crippen LogP contribution in [-0.4, -0.2) is 38.6 Å². The van der Waals surface area contributed by atoms with E-state index in [4.69, 9.17) is 26.8 Å². The molecular formula is C22H28ClF3N4O3. The van der Waals surface area contributed by atoms with Gasteiger partial charge in [-0.15, -0.1) is 0 Å². The molecule has 0 aliphatic heterocycles. The van der Waals surface area contributed by atoms with Crippen molar-refractivity contribution in [2.75, 3.05) is 20.8 Å². The summed E-state index contributed by atoms with van der Waals surface area (Å²) in [5.41, 5.74) is 4.49. The SMILES string of the molecule is C=C(/N=C(\C=C(/N)OC)OC)NC[C@H]1CC[C@H](NC(=O)c2cc(C(F)(F)F)ccc2Cl)CC1. The number of amides is 1. The fraction of sp³-hybridized carbons (Fsp3) is 0.455. The van der Waals surface area contributed by atoms with E-state index in [0.717, 1.165) is 31.0 Å². The van der Waals surface area contributed by atoms with Crippen molar-refractivity contribution in [3.05, 3.63) is 58.7 Å². The number of aliphatic imine (C=N–C) groups is 1. The molecule has 1 aliphatic carbocycles. The van der Waals surface area contributed by atoms with Gasteiger partial charge in [0.15, 0.2) is 5.88 Å². The van der Waals surface area contributed by atoms with Crippen LogP contribution >= 0.6 is 11.6 Å². The number of methoxy groups -OCH3 is 2. The maximum atomic E-state index is 12.9. The molecule has 7 nitrogen and oxygen atoms in total. The standard InChI is InChI=1S/C22H28ClF3N4O3/c1-13(29-20(33-3)11-19(27)32-2)28-12-14-4-7-16(8-5-14)30-21(31)17-10-15(22(24,25)26)6-9-18(17)23/h6,9-11,14,16,28H,1,4-5,7-8,12,27H2,2-3H3,(H,30,31)/b19-11+,29-20+/t14-,16-. The number of ether oxygens (including phenoxy) is 2. The molecule has 4 N–H and O–H groups in total. The monoisotopic (exact) mass is 488 g/mol. The summed E-state index contributed by atoms with van der Waals surface area (Å²) in [5.74, 6) is 0.516. The predicted molar refractivity (Wildman–Crippen MR) is 121 cm³/mol. The normalized spacial score (nSPS) is 19.6. The molecule has 0 atom stereocenters. The number of alkyl halides is 3. The molecule has 1 amide bonds. The van der Waals surface area contributed by atoms with E-state index in [2.05, 4.69) is 22.2 Å². The second-order valence-electron chi connectivity index (χ2n) is 7.62. The van der Waals surface area contributed by atoms with Crippen LogP contribution in [0.5, 0.6) is 0 Å². The third-order valence-electron chi connectivity index (χ3n) is 5.27. The van der Waals surface area contributed by atoms with Crippen LogP contribution in [0.3, 0.4) is 0 Å². The number of hydrogen-bond donors (Lipinski definition) is 3. The van der Waals surface area contributed by atoms with Gasteiger partial charge in [-0.1, -0.05) is 18.2 Å². The molecular weight excluding hydrogens is 461 g/mol. The van der Waals surface area contributed by atoms with Crippen molar-refractivity contribution in [1.29, 1.82) is 0 Å². The van der Waals surface area contributed by atoms with Crippen molar-refractivity contribution in [3.8, 4) is 0 Å². The predicted octanol–water partition coefficient (Wildman–Crippen LogP) is 4.20. The fourth-order valence-electron chi connectivity index (χ4n) is 3.40. The Bertz CT molecular complexity index is 911. The number of carbonyl (C=O) groups is 1. The number of hydrogen-bond acceptors (Lipinski definition) is 6.